The average Bonchev–Trinajstić information content (AvgIpc) is 1.38. The van der Waals surface area contributed by atoms with Crippen LogP contribution in [0.25, 0.3) is 0 Å². The van der Waals surface area contributed by atoms with Crippen LogP contribution in [0.3, 0.4) is 0 Å². The Hall–Kier alpha value is 1.84. The molecule has 0 unspecified atom stereocenters. The van der Waals surface area contributed by atoms with Gasteiger partial charge in [-0.1, -0.05) is 0 Å². The van der Waals surface area contributed by atoms with Crippen molar-refractivity contribution in [1.29, 1.82) is 0 Å². The second kappa shape index (κ2) is 6.84. The van der Waals surface area contributed by atoms with Gasteiger partial charge in [0.2, 0.25) is 0 Å². The zero-order valence-electron chi connectivity index (χ0n) is 4.69. The van der Waals surface area contributed by atoms with Gasteiger partial charge in [-0.2, -0.15) is 0 Å². The van der Waals surface area contributed by atoms with Crippen molar-refractivity contribution in [2.24, 2.45) is 0 Å². The number of hydrogen-bond donors (Lipinski definition) is 0. The summed E-state index contributed by atoms with van der Waals surface area (Å²) in [6.07, 6.45) is 0. The van der Waals surface area contributed by atoms with Crippen molar-refractivity contribution < 1.29 is 60.7 Å². The molecule has 0 aliphatic rings. The third-order valence-electron chi connectivity index (χ3n) is 0.109. The number of hydrogen-bond acceptors (Lipinski definition) is 2. The molecule has 0 aromatic heterocycles. The standard InChI is InChI=1S/C2H3IO2.K.H/c1-2(4)5-3;;/h1H3;;/q;+1;-1. The van der Waals surface area contributed by atoms with Gasteiger partial charge in [0.25, 0.3) is 0 Å². The van der Waals surface area contributed by atoms with Gasteiger partial charge >= 0.3 is 57.4 Å². The number of halogens is 1. The number of rotatable bonds is 0. The molecule has 32 valence electrons. The van der Waals surface area contributed by atoms with E-state index in [0.717, 1.165) is 0 Å². The van der Waals surface area contributed by atoms with Crippen molar-refractivity contribution in [1.82, 2.24) is 0 Å². The maximum absolute atomic E-state index is 9.58. The number of carbonyl (C=O) groups excluding carboxylic acids is 1. The van der Waals surface area contributed by atoms with E-state index in [1.54, 1.807) is 0 Å². The van der Waals surface area contributed by atoms with E-state index in [1.165, 1.54) is 29.9 Å². The molecular formula is C2H4IKO2. The molecule has 0 saturated carbocycles. The van der Waals surface area contributed by atoms with E-state index in [-0.39, 0.29) is 58.8 Å². The number of carbonyl (C=O) groups is 1. The smallest absolute Gasteiger partial charge is 1.00 e. The van der Waals surface area contributed by atoms with E-state index >= 15 is 0 Å². The summed E-state index contributed by atoms with van der Waals surface area (Å²) < 4.78 is 4.08. The van der Waals surface area contributed by atoms with Gasteiger partial charge in [0, 0.05) is 6.92 Å². The van der Waals surface area contributed by atoms with Crippen molar-refractivity contribution in [3.8, 4) is 0 Å². The normalized spacial score (nSPS) is 5.67. The zero-order chi connectivity index (χ0) is 4.28. The van der Waals surface area contributed by atoms with E-state index in [9.17, 15) is 4.79 Å². The van der Waals surface area contributed by atoms with Gasteiger partial charge in [-0.3, -0.25) is 4.79 Å². The molecule has 0 amide bonds. The minimum Gasteiger partial charge on any atom is -1.00 e. The molecule has 0 rings (SSSR count). The third kappa shape index (κ3) is 9.28. The first-order valence-corrected chi connectivity index (χ1v) is 1.94. The summed E-state index contributed by atoms with van der Waals surface area (Å²) >= 11 is 1.53. The maximum Gasteiger partial charge on any atom is 1.00 e. The van der Waals surface area contributed by atoms with Crippen molar-refractivity contribution in [2.45, 2.75) is 6.92 Å². The molecule has 0 N–H and O–H groups in total. The Labute approximate surface area is 94.6 Å². The monoisotopic (exact) mass is 226 g/mol. The molecule has 0 aliphatic heterocycles. The summed E-state index contributed by atoms with van der Waals surface area (Å²) in [6.45, 7) is 1.35. The third-order valence-corrected chi connectivity index (χ3v) is 0.729. The van der Waals surface area contributed by atoms with Crippen LogP contribution in [0.4, 0.5) is 0 Å². The topological polar surface area (TPSA) is 26.3 Å². The van der Waals surface area contributed by atoms with Gasteiger partial charge in [-0.05, 0) is 0 Å². The van der Waals surface area contributed by atoms with E-state index in [2.05, 4.69) is 3.07 Å². The Bertz CT molecular complexity index is 51.0. The first-order chi connectivity index (χ1) is 2.27. The fourth-order valence-electron chi connectivity index (χ4n) is 0. The van der Waals surface area contributed by atoms with Crippen LogP contribution in [0.2, 0.25) is 0 Å². The molecule has 4 heteroatoms. The fraction of sp³-hybridized carbons (Fsp3) is 0.500. The van der Waals surface area contributed by atoms with E-state index in [0.29, 0.717) is 0 Å². The van der Waals surface area contributed by atoms with Crippen LogP contribution in [-0.4, -0.2) is 5.97 Å². The quantitative estimate of drug-likeness (QED) is 0.353. The predicted octanol–water partition coefficient (Wildman–Crippen LogP) is -1.98. The molecule has 0 atom stereocenters. The summed E-state index contributed by atoms with van der Waals surface area (Å²) in [7, 11) is 0. The maximum atomic E-state index is 9.58. The van der Waals surface area contributed by atoms with Gasteiger partial charge in [0.1, 0.15) is 0 Å². The van der Waals surface area contributed by atoms with Crippen molar-refractivity contribution >= 4 is 29.0 Å². The molecule has 0 radical (unpaired) electrons. The van der Waals surface area contributed by atoms with Crippen LogP contribution in [0.1, 0.15) is 8.35 Å². The van der Waals surface area contributed by atoms with Crippen LogP contribution in [0, 0.1) is 0 Å². The second-order valence-corrected chi connectivity index (χ2v) is 1.01. The minimum absolute atomic E-state index is 0. The Kier molecular flexibility index (Phi) is 12.3. The fourth-order valence-corrected chi connectivity index (χ4v) is 0. The molecule has 0 fully saturated rings. The van der Waals surface area contributed by atoms with E-state index in [1.807, 2.05) is 0 Å². The Balaban J connectivity index is -0.0000000800. The average molecular weight is 226 g/mol. The Morgan fingerprint density at radius 2 is 2.17 bits per heavy atom. The molecule has 0 spiro atoms. The second-order valence-electron chi connectivity index (χ2n) is 0.569. The molecule has 0 aromatic carbocycles. The SMILES string of the molecule is CC(=O)OI.[H-].[K+]. The van der Waals surface area contributed by atoms with E-state index < -0.39 is 0 Å². The summed E-state index contributed by atoms with van der Waals surface area (Å²) in [5.41, 5.74) is 0. The van der Waals surface area contributed by atoms with Gasteiger partial charge in [0.05, 0.1) is 0 Å². The zero-order valence-corrected chi connectivity index (χ0v) is 8.98. The van der Waals surface area contributed by atoms with Crippen molar-refractivity contribution in [3.05, 3.63) is 0 Å². The summed E-state index contributed by atoms with van der Waals surface area (Å²) in [4.78, 5) is 9.58. The minimum atomic E-state index is -0.259. The molecule has 2 nitrogen and oxygen atoms in total. The predicted molar refractivity (Wildman–Crippen MR) is 26.9 cm³/mol. The van der Waals surface area contributed by atoms with Crippen LogP contribution in [0.15, 0.2) is 0 Å². The van der Waals surface area contributed by atoms with Gasteiger partial charge in [-0.15, -0.1) is 0 Å². The Morgan fingerprint density at radius 3 is 2.17 bits per heavy atom. The van der Waals surface area contributed by atoms with Crippen molar-refractivity contribution in [3.63, 3.8) is 0 Å². The molecule has 0 aromatic rings. The molecule has 0 aliphatic carbocycles. The first kappa shape index (κ1) is 10.8. The Morgan fingerprint density at radius 1 is 2.00 bits per heavy atom. The molecular weight excluding hydrogens is 222 g/mol. The van der Waals surface area contributed by atoms with Crippen LogP contribution >= 0.6 is 23.0 Å². The van der Waals surface area contributed by atoms with Crippen LogP contribution in [-0.2, 0) is 7.86 Å². The summed E-state index contributed by atoms with van der Waals surface area (Å²) in [6, 6.07) is 0. The largest absolute Gasteiger partial charge is 1.00 e. The molecule has 0 bridgehead atoms. The van der Waals surface area contributed by atoms with Crippen molar-refractivity contribution in [2.75, 3.05) is 0 Å². The summed E-state index contributed by atoms with van der Waals surface area (Å²) in [5.74, 6) is -0.259. The summed E-state index contributed by atoms with van der Waals surface area (Å²) in [5, 5.41) is 0. The molecule has 6 heavy (non-hydrogen) atoms. The molecule has 0 saturated heterocycles. The van der Waals surface area contributed by atoms with Gasteiger partial charge < -0.3 is 4.49 Å². The first-order valence-electron chi connectivity index (χ1n) is 1.06. The van der Waals surface area contributed by atoms with Crippen LogP contribution in [0.5, 0.6) is 0 Å². The van der Waals surface area contributed by atoms with Gasteiger partial charge in [0.15, 0.2) is 23.0 Å². The van der Waals surface area contributed by atoms with Gasteiger partial charge in [-0.25, -0.2) is 0 Å². The van der Waals surface area contributed by atoms with E-state index in [4.69, 9.17) is 0 Å². The molecule has 0 heterocycles. The van der Waals surface area contributed by atoms with Crippen LogP contribution < -0.4 is 51.4 Å².